The topological polar surface area (TPSA) is 21.3 Å². The molecule has 0 amide bonds. The molecule has 0 spiro atoms. The van der Waals surface area contributed by atoms with Gasteiger partial charge in [-0.15, -0.1) is 0 Å². The molecule has 11 aromatic carbocycles. The summed E-state index contributed by atoms with van der Waals surface area (Å²) in [5.41, 5.74) is 17.8. The summed E-state index contributed by atoms with van der Waals surface area (Å²) in [6, 6.07) is 91.9. The van der Waals surface area contributed by atoms with Crippen molar-refractivity contribution in [1.82, 2.24) is 4.57 Å². The van der Waals surface area contributed by atoms with Crippen molar-refractivity contribution in [3.63, 3.8) is 0 Å². The van der Waals surface area contributed by atoms with Gasteiger partial charge in [0.05, 0.1) is 16.7 Å². The summed E-state index contributed by atoms with van der Waals surface area (Å²) < 4.78 is 8.87. The highest BCUT2D eigenvalue weighted by atomic mass is 16.3. The predicted molar refractivity (Wildman–Crippen MR) is 282 cm³/mol. The summed E-state index contributed by atoms with van der Waals surface area (Å²) in [4.78, 5) is 2.36. The zero-order valence-electron chi connectivity index (χ0n) is 36.6. The van der Waals surface area contributed by atoms with Crippen LogP contribution in [-0.2, 0) is 0 Å². The summed E-state index contributed by atoms with van der Waals surface area (Å²) in [7, 11) is 0. The molecule has 13 rings (SSSR count). The van der Waals surface area contributed by atoms with Gasteiger partial charge in [-0.3, -0.25) is 0 Å². The Morgan fingerprint density at radius 1 is 0.299 bits per heavy atom. The smallest absolute Gasteiger partial charge is 0.143 e. The maximum absolute atomic E-state index is 6.46. The van der Waals surface area contributed by atoms with E-state index in [1.54, 1.807) is 0 Å². The predicted octanol–water partition coefficient (Wildman–Crippen LogP) is 18.0. The molecule has 3 heteroatoms. The van der Waals surface area contributed by atoms with E-state index in [-0.39, 0.29) is 0 Å². The molecule has 0 aliphatic heterocycles. The molecule has 0 radical (unpaired) electrons. The maximum Gasteiger partial charge on any atom is 0.143 e. The third-order valence-corrected chi connectivity index (χ3v) is 13.4. The van der Waals surface area contributed by atoms with Gasteiger partial charge in [-0.25, -0.2) is 0 Å². The first kappa shape index (κ1) is 38.5. The minimum atomic E-state index is 0.901. The standard InChI is InChI=1S/C64H42N2O/c1-2-15-46-40-49(31-30-43(46)14-1)48-17-12-19-53(42-48)65(52-38-34-45(35-39-52)55-24-13-25-59-58-23-6-10-29-63(58)67-64(55)59)51-36-32-44(33-37-51)47-16-11-18-50(41-47)54-20-3-7-26-60(54)66-61-27-8-4-21-56(61)57-22-5-9-28-62(57)66/h1-42H. The second-order valence-electron chi connectivity index (χ2n) is 17.3. The Hall–Kier alpha value is -8.92. The highest BCUT2D eigenvalue weighted by Gasteiger charge is 2.18. The van der Waals surface area contributed by atoms with Crippen LogP contribution in [0, 0.1) is 0 Å². The molecule has 314 valence electrons. The van der Waals surface area contributed by atoms with Crippen LogP contribution in [0.25, 0.3) is 105 Å². The highest BCUT2D eigenvalue weighted by molar-refractivity contribution is 6.11. The number of anilines is 3. The molecule has 0 saturated carbocycles. The summed E-state index contributed by atoms with van der Waals surface area (Å²) in [6.45, 7) is 0. The fourth-order valence-electron chi connectivity index (χ4n) is 10.2. The molecule has 0 aliphatic rings. The molecule has 0 saturated heterocycles. The minimum Gasteiger partial charge on any atom is -0.455 e. The quantitative estimate of drug-likeness (QED) is 0.152. The third kappa shape index (κ3) is 6.67. The van der Waals surface area contributed by atoms with Gasteiger partial charge in [0.15, 0.2) is 0 Å². The molecule has 0 unspecified atom stereocenters. The lowest BCUT2D eigenvalue weighted by Gasteiger charge is -2.26. The van der Waals surface area contributed by atoms with Crippen molar-refractivity contribution < 1.29 is 4.42 Å². The number of nitrogens with zero attached hydrogens (tertiary/aromatic N) is 2. The van der Waals surface area contributed by atoms with E-state index in [2.05, 4.69) is 252 Å². The second-order valence-corrected chi connectivity index (χ2v) is 17.3. The van der Waals surface area contributed by atoms with Gasteiger partial charge in [0, 0.05) is 49.7 Å². The van der Waals surface area contributed by atoms with Gasteiger partial charge < -0.3 is 13.9 Å². The number of furan rings is 1. The Labute approximate surface area is 388 Å². The van der Waals surface area contributed by atoms with Crippen LogP contribution in [-0.4, -0.2) is 4.57 Å². The normalized spacial score (nSPS) is 11.6. The van der Waals surface area contributed by atoms with Gasteiger partial charge in [0.2, 0.25) is 0 Å². The van der Waals surface area contributed by atoms with E-state index < -0.39 is 0 Å². The number of hydrogen-bond donors (Lipinski definition) is 0. The van der Waals surface area contributed by atoms with Crippen LogP contribution in [0.2, 0.25) is 0 Å². The zero-order valence-corrected chi connectivity index (χ0v) is 36.6. The van der Waals surface area contributed by atoms with Gasteiger partial charge in [-0.05, 0) is 117 Å². The molecular weight excluding hydrogens is 813 g/mol. The third-order valence-electron chi connectivity index (χ3n) is 13.4. The molecule has 13 aromatic rings. The minimum absolute atomic E-state index is 0.901. The summed E-state index contributed by atoms with van der Waals surface area (Å²) in [5.74, 6) is 0. The molecule has 0 bridgehead atoms. The first-order chi connectivity index (χ1) is 33.2. The molecule has 0 N–H and O–H groups in total. The van der Waals surface area contributed by atoms with Crippen molar-refractivity contribution in [1.29, 1.82) is 0 Å². The van der Waals surface area contributed by atoms with Crippen LogP contribution in [0.15, 0.2) is 259 Å². The number of aromatic nitrogens is 1. The monoisotopic (exact) mass is 854 g/mol. The van der Waals surface area contributed by atoms with Crippen LogP contribution in [0.1, 0.15) is 0 Å². The molecular formula is C64H42N2O. The lowest BCUT2D eigenvalue weighted by molar-refractivity contribution is 0.670. The van der Waals surface area contributed by atoms with Gasteiger partial charge in [-0.1, -0.05) is 182 Å². The lowest BCUT2D eigenvalue weighted by atomic mass is 9.97. The van der Waals surface area contributed by atoms with Crippen molar-refractivity contribution in [2.75, 3.05) is 4.90 Å². The number of para-hydroxylation sites is 5. The van der Waals surface area contributed by atoms with Gasteiger partial charge in [0.1, 0.15) is 11.2 Å². The number of hydrogen-bond acceptors (Lipinski definition) is 2. The van der Waals surface area contributed by atoms with E-state index in [1.165, 1.54) is 49.3 Å². The van der Waals surface area contributed by atoms with E-state index in [9.17, 15) is 0 Å². The largest absolute Gasteiger partial charge is 0.455 e. The fourth-order valence-corrected chi connectivity index (χ4v) is 10.2. The van der Waals surface area contributed by atoms with E-state index in [0.29, 0.717) is 0 Å². The maximum atomic E-state index is 6.46. The first-order valence-corrected chi connectivity index (χ1v) is 22.9. The molecule has 3 nitrogen and oxygen atoms in total. The SMILES string of the molecule is c1cc(-c2ccc(N(c3ccc(-c4cccc5c4oc4ccccc45)cc3)c3cccc(-c4ccc5ccccc5c4)c3)cc2)cc(-c2ccccc2-n2c3ccccc3c3ccccc32)c1. The Balaban J connectivity index is 0.888. The number of fused-ring (bicyclic) bond motifs is 7. The highest BCUT2D eigenvalue weighted by Crippen LogP contribution is 2.42. The van der Waals surface area contributed by atoms with Gasteiger partial charge >= 0.3 is 0 Å². The number of rotatable bonds is 8. The molecule has 0 fully saturated rings. The Morgan fingerprint density at radius 2 is 0.836 bits per heavy atom. The van der Waals surface area contributed by atoms with Crippen LogP contribution in [0.3, 0.4) is 0 Å². The van der Waals surface area contributed by atoms with E-state index >= 15 is 0 Å². The van der Waals surface area contributed by atoms with E-state index in [1.807, 2.05) is 12.1 Å². The molecule has 67 heavy (non-hydrogen) atoms. The van der Waals surface area contributed by atoms with E-state index in [4.69, 9.17) is 4.42 Å². The van der Waals surface area contributed by atoms with Crippen LogP contribution in [0.5, 0.6) is 0 Å². The zero-order chi connectivity index (χ0) is 44.3. The van der Waals surface area contributed by atoms with Crippen molar-refractivity contribution in [2.24, 2.45) is 0 Å². The Kier molecular flexibility index (Phi) is 9.17. The summed E-state index contributed by atoms with van der Waals surface area (Å²) >= 11 is 0. The average Bonchev–Trinajstić information content (AvgIpc) is 3.95. The van der Waals surface area contributed by atoms with E-state index in [0.717, 1.165) is 72.5 Å². The molecule has 0 aliphatic carbocycles. The lowest BCUT2D eigenvalue weighted by Crippen LogP contribution is -2.10. The average molecular weight is 855 g/mol. The van der Waals surface area contributed by atoms with Crippen molar-refractivity contribution in [3.05, 3.63) is 255 Å². The molecule has 2 heterocycles. The van der Waals surface area contributed by atoms with Crippen LogP contribution in [0.4, 0.5) is 17.1 Å². The second kappa shape index (κ2) is 16.0. The van der Waals surface area contributed by atoms with Gasteiger partial charge in [0.25, 0.3) is 0 Å². The van der Waals surface area contributed by atoms with Crippen molar-refractivity contribution >= 4 is 71.6 Å². The summed E-state index contributed by atoms with van der Waals surface area (Å²) in [6.07, 6.45) is 0. The fraction of sp³-hybridized carbons (Fsp3) is 0. The Morgan fingerprint density at radius 3 is 1.61 bits per heavy atom. The molecule has 2 aromatic heterocycles. The summed E-state index contributed by atoms with van der Waals surface area (Å²) in [5, 5.41) is 7.24. The first-order valence-electron chi connectivity index (χ1n) is 22.9. The van der Waals surface area contributed by atoms with Crippen LogP contribution < -0.4 is 4.90 Å². The van der Waals surface area contributed by atoms with Crippen LogP contribution >= 0.6 is 0 Å². The number of benzene rings is 11. The van der Waals surface area contributed by atoms with Gasteiger partial charge in [-0.2, -0.15) is 0 Å². The molecule has 0 atom stereocenters. The van der Waals surface area contributed by atoms with Crippen molar-refractivity contribution in [3.8, 4) is 50.2 Å². The Bertz CT molecular complexity index is 3930. The van der Waals surface area contributed by atoms with Crippen molar-refractivity contribution in [2.45, 2.75) is 0 Å².